The highest BCUT2D eigenvalue weighted by atomic mass is 19.1. The SMILES string of the molecule is Fc1ccccc1CNc1nnnn1-c1ccccc1. The summed E-state index contributed by atoms with van der Waals surface area (Å²) in [7, 11) is 0. The van der Waals surface area contributed by atoms with Gasteiger partial charge in [0, 0.05) is 12.1 Å². The molecule has 1 aromatic heterocycles. The third-order valence-corrected chi connectivity index (χ3v) is 2.87. The molecule has 3 aromatic rings. The van der Waals surface area contributed by atoms with Gasteiger partial charge in [0.05, 0.1) is 5.69 Å². The van der Waals surface area contributed by atoms with Crippen molar-refractivity contribution < 1.29 is 4.39 Å². The molecule has 0 aliphatic carbocycles. The third-order valence-electron chi connectivity index (χ3n) is 2.87. The second-order valence-corrected chi connectivity index (χ2v) is 4.19. The number of halogens is 1. The van der Waals surface area contributed by atoms with Crippen LogP contribution in [0.1, 0.15) is 5.56 Å². The molecular weight excluding hydrogens is 257 g/mol. The van der Waals surface area contributed by atoms with Crippen LogP contribution in [0.15, 0.2) is 54.6 Å². The Bertz CT molecular complexity index is 696. The number of rotatable bonds is 4. The Balaban J connectivity index is 1.80. The molecule has 0 saturated carbocycles. The molecular formula is C14H12FN5. The van der Waals surface area contributed by atoms with Gasteiger partial charge in [-0.05, 0) is 28.6 Å². The van der Waals surface area contributed by atoms with Crippen LogP contribution in [-0.4, -0.2) is 20.2 Å². The monoisotopic (exact) mass is 269 g/mol. The van der Waals surface area contributed by atoms with Crippen LogP contribution >= 0.6 is 0 Å². The predicted molar refractivity (Wildman–Crippen MR) is 72.9 cm³/mol. The van der Waals surface area contributed by atoms with Crippen LogP contribution in [0.5, 0.6) is 0 Å². The first kappa shape index (κ1) is 12.3. The van der Waals surface area contributed by atoms with Gasteiger partial charge in [0.25, 0.3) is 0 Å². The van der Waals surface area contributed by atoms with E-state index in [1.807, 2.05) is 30.3 Å². The van der Waals surface area contributed by atoms with Gasteiger partial charge >= 0.3 is 0 Å². The van der Waals surface area contributed by atoms with Gasteiger partial charge in [-0.1, -0.05) is 41.5 Å². The first-order chi connectivity index (χ1) is 9.84. The minimum Gasteiger partial charge on any atom is -0.349 e. The molecule has 100 valence electrons. The maximum absolute atomic E-state index is 13.5. The highest BCUT2D eigenvalue weighted by Gasteiger charge is 2.08. The summed E-state index contributed by atoms with van der Waals surface area (Å²) in [5.41, 5.74) is 1.41. The highest BCUT2D eigenvalue weighted by Crippen LogP contribution is 2.13. The van der Waals surface area contributed by atoms with Gasteiger partial charge in [0.2, 0.25) is 5.95 Å². The van der Waals surface area contributed by atoms with Gasteiger partial charge in [-0.3, -0.25) is 0 Å². The number of hydrogen-bond donors (Lipinski definition) is 1. The summed E-state index contributed by atoms with van der Waals surface area (Å²) in [4.78, 5) is 0. The highest BCUT2D eigenvalue weighted by molar-refractivity contribution is 5.38. The Morgan fingerprint density at radius 1 is 1.00 bits per heavy atom. The topological polar surface area (TPSA) is 55.6 Å². The summed E-state index contributed by atoms with van der Waals surface area (Å²) in [6.07, 6.45) is 0. The number of tetrazole rings is 1. The lowest BCUT2D eigenvalue weighted by atomic mass is 10.2. The molecule has 0 spiro atoms. The van der Waals surface area contributed by atoms with Crippen molar-refractivity contribution in [1.82, 2.24) is 20.2 Å². The Hall–Kier alpha value is -2.76. The lowest BCUT2D eigenvalue weighted by molar-refractivity contribution is 0.612. The molecule has 6 heteroatoms. The van der Waals surface area contributed by atoms with Gasteiger partial charge in [0.15, 0.2) is 0 Å². The number of para-hydroxylation sites is 1. The van der Waals surface area contributed by atoms with Gasteiger partial charge < -0.3 is 5.32 Å². The summed E-state index contributed by atoms with van der Waals surface area (Å²) >= 11 is 0. The van der Waals surface area contributed by atoms with Crippen molar-refractivity contribution in [2.75, 3.05) is 5.32 Å². The first-order valence-electron chi connectivity index (χ1n) is 6.15. The maximum Gasteiger partial charge on any atom is 0.248 e. The summed E-state index contributed by atoms with van der Waals surface area (Å²) in [5.74, 6) is 0.221. The number of benzene rings is 2. The number of aromatic nitrogens is 4. The van der Waals surface area contributed by atoms with Crippen molar-refractivity contribution in [2.45, 2.75) is 6.54 Å². The van der Waals surface area contributed by atoms with E-state index in [1.54, 1.807) is 22.9 Å². The van der Waals surface area contributed by atoms with Crippen molar-refractivity contribution in [1.29, 1.82) is 0 Å². The zero-order valence-corrected chi connectivity index (χ0v) is 10.6. The molecule has 0 unspecified atom stereocenters. The normalized spacial score (nSPS) is 10.4. The smallest absolute Gasteiger partial charge is 0.248 e. The minimum absolute atomic E-state index is 0.251. The second-order valence-electron chi connectivity index (χ2n) is 4.19. The van der Waals surface area contributed by atoms with Crippen molar-refractivity contribution >= 4 is 5.95 Å². The van der Waals surface area contributed by atoms with E-state index in [-0.39, 0.29) is 5.82 Å². The molecule has 0 radical (unpaired) electrons. The van der Waals surface area contributed by atoms with Crippen LogP contribution in [0.2, 0.25) is 0 Å². The molecule has 2 aromatic carbocycles. The van der Waals surface area contributed by atoms with Crippen molar-refractivity contribution in [3.63, 3.8) is 0 Å². The molecule has 0 fully saturated rings. The van der Waals surface area contributed by atoms with Crippen LogP contribution in [0.25, 0.3) is 5.69 Å². The molecule has 0 saturated heterocycles. The summed E-state index contributed by atoms with van der Waals surface area (Å²) in [5, 5.41) is 14.5. The lowest BCUT2D eigenvalue weighted by Crippen LogP contribution is -2.08. The maximum atomic E-state index is 13.5. The Labute approximate surface area is 115 Å². The molecule has 0 aliphatic heterocycles. The largest absolute Gasteiger partial charge is 0.349 e. The predicted octanol–water partition coefficient (Wildman–Crippen LogP) is 2.41. The summed E-state index contributed by atoms with van der Waals surface area (Å²) in [6.45, 7) is 0.319. The molecule has 3 rings (SSSR count). The van der Waals surface area contributed by atoms with Crippen LogP contribution in [0.3, 0.4) is 0 Å². The fourth-order valence-electron chi connectivity index (χ4n) is 1.86. The molecule has 5 nitrogen and oxygen atoms in total. The second kappa shape index (κ2) is 5.48. The number of nitrogens with one attached hydrogen (secondary N) is 1. The molecule has 0 bridgehead atoms. The van der Waals surface area contributed by atoms with E-state index in [0.29, 0.717) is 18.1 Å². The number of hydrogen-bond acceptors (Lipinski definition) is 4. The quantitative estimate of drug-likeness (QED) is 0.790. The van der Waals surface area contributed by atoms with E-state index in [2.05, 4.69) is 20.8 Å². The van der Waals surface area contributed by atoms with Gasteiger partial charge in [-0.25, -0.2) is 4.39 Å². The van der Waals surface area contributed by atoms with E-state index < -0.39 is 0 Å². The Morgan fingerprint density at radius 2 is 1.75 bits per heavy atom. The summed E-state index contributed by atoms with van der Waals surface area (Å²) in [6, 6.07) is 16.1. The van der Waals surface area contributed by atoms with E-state index in [4.69, 9.17) is 0 Å². The third kappa shape index (κ3) is 2.49. The molecule has 1 N–H and O–H groups in total. The van der Waals surface area contributed by atoms with E-state index >= 15 is 0 Å². The van der Waals surface area contributed by atoms with Crippen LogP contribution in [0, 0.1) is 5.82 Å². The van der Waals surface area contributed by atoms with Gasteiger partial charge in [-0.2, -0.15) is 4.68 Å². The van der Waals surface area contributed by atoms with Crippen molar-refractivity contribution in [3.8, 4) is 5.69 Å². The fourth-order valence-corrected chi connectivity index (χ4v) is 1.86. The van der Waals surface area contributed by atoms with Crippen molar-refractivity contribution in [2.24, 2.45) is 0 Å². The molecule has 20 heavy (non-hydrogen) atoms. The molecule has 0 aliphatic rings. The van der Waals surface area contributed by atoms with Gasteiger partial charge in [-0.15, -0.1) is 0 Å². The van der Waals surface area contributed by atoms with Gasteiger partial charge in [0.1, 0.15) is 5.82 Å². The van der Waals surface area contributed by atoms with Crippen LogP contribution in [0.4, 0.5) is 10.3 Å². The van der Waals surface area contributed by atoms with Crippen molar-refractivity contribution in [3.05, 3.63) is 66.0 Å². The first-order valence-corrected chi connectivity index (χ1v) is 6.15. The Morgan fingerprint density at radius 3 is 2.55 bits per heavy atom. The summed E-state index contributed by atoms with van der Waals surface area (Å²) < 4.78 is 15.1. The Kier molecular flexibility index (Phi) is 3.36. The molecule has 0 atom stereocenters. The zero-order chi connectivity index (χ0) is 13.8. The molecule has 0 amide bonds. The average molecular weight is 269 g/mol. The van der Waals surface area contributed by atoms with E-state index in [1.165, 1.54) is 6.07 Å². The van der Waals surface area contributed by atoms with Crippen LogP contribution < -0.4 is 5.32 Å². The number of anilines is 1. The molecule has 1 heterocycles. The zero-order valence-electron chi connectivity index (χ0n) is 10.6. The van der Waals surface area contributed by atoms with E-state index in [9.17, 15) is 4.39 Å². The average Bonchev–Trinajstić information content (AvgIpc) is 2.96. The standard InChI is InChI=1S/C14H12FN5/c15-13-9-5-4-6-11(13)10-16-14-17-18-19-20(14)12-7-2-1-3-8-12/h1-9H,10H2,(H,16,17,19). The van der Waals surface area contributed by atoms with Crippen LogP contribution in [-0.2, 0) is 6.54 Å². The minimum atomic E-state index is -0.251. The lowest BCUT2D eigenvalue weighted by Gasteiger charge is -2.07. The number of nitrogens with zero attached hydrogens (tertiary/aromatic N) is 4. The van der Waals surface area contributed by atoms with E-state index in [0.717, 1.165) is 5.69 Å². The fraction of sp³-hybridized carbons (Fsp3) is 0.0714.